The van der Waals surface area contributed by atoms with Crippen molar-refractivity contribution in [2.24, 2.45) is 11.8 Å². The Kier molecular flexibility index (Phi) is 12.3. The highest BCUT2D eigenvalue weighted by Gasteiger charge is 2.50. The third kappa shape index (κ3) is 10.0. The second-order valence-corrected chi connectivity index (χ2v) is 11.3. The summed E-state index contributed by atoms with van der Waals surface area (Å²) in [5, 5.41) is 20.4. The zero-order chi connectivity index (χ0) is 30.0. The van der Waals surface area contributed by atoms with E-state index in [4.69, 9.17) is 4.74 Å². The minimum Gasteiger partial charge on any atom is -0.394 e. The lowest BCUT2D eigenvalue weighted by Crippen LogP contribution is -2.59. The van der Waals surface area contributed by atoms with E-state index in [0.29, 0.717) is 12.8 Å². The quantitative estimate of drug-likeness (QED) is 0.185. The molecule has 11 heteroatoms. The lowest BCUT2D eigenvalue weighted by atomic mass is 9.92. The first kappa shape index (κ1) is 32.9. The number of amides is 4. The van der Waals surface area contributed by atoms with Crippen LogP contribution in [0.15, 0.2) is 30.3 Å². The van der Waals surface area contributed by atoms with Crippen molar-refractivity contribution in [3.8, 4) is 0 Å². The summed E-state index contributed by atoms with van der Waals surface area (Å²) in [6, 6.07) is 5.41. The molecule has 1 aromatic carbocycles. The number of rotatable bonds is 16. The van der Waals surface area contributed by atoms with Crippen molar-refractivity contribution in [1.29, 1.82) is 0 Å². The zero-order valence-electron chi connectivity index (χ0n) is 24.3. The molecule has 1 saturated heterocycles. The molecule has 4 amide bonds. The summed E-state index contributed by atoms with van der Waals surface area (Å²) in [6.07, 6.45) is 1.11. The highest BCUT2D eigenvalue weighted by Crippen LogP contribution is 2.29. The van der Waals surface area contributed by atoms with Crippen molar-refractivity contribution in [2.45, 2.75) is 90.6 Å². The third-order valence-electron chi connectivity index (χ3n) is 6.76. The van der Waals surface area contributed by atoms with Gasteiger partial charge in [0.1, 0.15) is 23.7 Å². The fraction of sp³-hybridized carbons (Fsp3) is 0.621. The Bertz CT molecular complexity index is 1040. The number of nitrogens with one attached hydrogen (secondary N) is 4. The summed E-state index contributed by atoms with van der Waals surface area (Å²) in [5.74, 6) is -2.81. The number of ether oxygens (including phenoxy) is 1. The molecule has 0 aromatic heterocycles. The number of aliphatic hydroxyl groups excluding tert-OH is 1. The molecule has 0 aliphatic carbocycles. The van der Waals surface area contributed by atoms with Gasteiger partial charge in [-0.15, -0.1) is 0 Å². The minimum absolute atomic E-state index is 0.00298. The Hall–Kier alpha value is -3.31. The van der Waals surface area contributed by atoms with Crippen LogP contribution in [0.5, 0.6) is 0 Å². The van der Waals surface area contributed by atoms with Crippen molar-refractivity contribution < 1.29 is 33.8 Å². The summed E-state index contributed by atoms with van der Waals surface area (Å²) >= 11 is 0. The molecule has 40 heavy (non-hydrogen) atoms. The molecule has 5 atom stereocenters. The van der Waals surface area contributed by atoms with Crippen LogP contribution in [0.1, 0.15) is 59.9 Å². The zero-order valence-corrected chi connectivity index (χ0v) is 24.3. The van der Waals surface area contributed by atoms with E-state index in [0.717, 1.165) is 5.56 Å². The number of carbonyl (C=O) groups excluding carboxylic acids is 5. The third-order valence-corrected chi connectivity index (χ3v) is 6.76. The van der Waals surface area contributed by atoms with E-state index in [1.807, 2.05) is 44.2 Å². The molecular weight excluding hydrogens is 516 g/mol. The van der Waals surface area contributed by atoms with E-state index < -0.39 is 54.1 Å². The monoisotopic (exact) mass is 560 g/mol. The average Bonchev–Trinajstić information content (AvgIpc) is 3.65. The Morgan fingerprint density at radius 2 is 1.43 bits per heavy atom. The topological polar surface area (TPSA) is 166 Å². The lowest BCUT2D eigenvalue weighted by molar-refractivity contribution is -0.136. The van der Waals surface area contributed by atoms with Gasteiger partial charge < -0.3 is 31.1 Å². The van der Waals surface area contributed by atoms with Gasteiger partial charge in [0.15, 0.2) is 5.78 Å². The average molecular weight is 561 g/mol. The second kappa shape index (κ2) is 14.9. The van der Waals surface area contributed by atoms with E-state index in [-0.39, 0.29) is 36.6 Å². The molecule has 222 valence electrons. The Morgan fingerprint density at radius 3 is 1.93 bits per heavy atom. The lowest BCUT2D eigenvalue weighted by Gasteiger charge is -2.27. The molecule has 0 bridgehead atoms. The standard InChI is InChI=1S/C29H44N4O7/c1-17(2)14-22(31-26(37)21(30-19(5)35)13-12-20-10-8-7-9-11-20)27(38)32-23(15-34)28(39)33-24(18(3)4)25(36)29(6)16-40-29/h7-11,17-18,21-24,34H,12-16H2,1-6H3,(H,30,35)(H,31,37)(H,32,38)(H,33,39)/t21-,22-,23-,24?,29+/m0/s1. The summed E-state index contributed by atoms with van der Waals surface area (Å²) < 4.78 is 5.23. The van der Waals surface area contributed by atoms with Crippen LogP contribution in [0, 0.1) is 11.8 Å². The summed E-state index contributed by atoms with van der Waals surface area (Å²) in [4.78, 5) is 64.0. The molecule has 0 radical (unpaired) electrons. The summed E-state index contributed by atoms with van der Waals surface area (Å²) in [6.45, 7) is 9.83. The van der Waals surface area contributed by atoms with E-state index in [1.165, 1.54) is 6.92 Å². The molecule has 1 aliphatic heterocycles. The van der Waals surface area contributed by atoms with Crippen LogP contribution >= 0.6 is 0 Å². The highest BCUT2D eigenvalue weighted by molar-refractivity contribution is 5.98. The smallest absolute Gasteiger partial charge is 0.245 e. The van der Waals surface area contributed by atoms with E-state index in [1.54, 1.807) is 20.8 Å². The first-order chi connectivity index (χ1) is 18.8. The molecule has 5 N–H and O–H groups in total. The van der Waals surface area contributed by atoms with Crippen LogP contribution in [-0.2, 0) is 35.1 Å². The largest absolute Gasteiger partial charge is 0.394 e. The van der Waals surface area contributed by atoms with Gasteiger partial charge >= 0.3 is 0 Å². The number of hydrogen-bond acceptors (Lipinski definition) is 7. The first-order valence-electron chi connectivity index (χ1n) is 13.8. The van der Waals surface area contributed by atoms with Crippen molar-refractivity contribution >= 4 is 29.4 Å². The number of ketones is 1. The van der Waals surface area contributed by atoms with Crippen LogP contribution in [0.3, 0.4) is 0 Å². The SMILES string of the molecule is CC(=O)N[C@@H](CCc1ccccc1)C(=O)N[C@@H](CC(C)C)C(=O)N[C@@H](CO)C(=O)NC(C(=O)[C@@]1(C)CO1)C(C)C. The van der Waals surface area contributed by atoms with Gasteiger partial charge in [-0.1, -0.05) is 58.0 Å². The molecule has 1 fully saturated rings. The molecule has 2 rings (SSSR count). The number of aliphatic hydroxyl groups is 1. The number of Topliss-reactive ketones (excluding diaryl/α,β-unsaturated/α-hetero) is 1. The molecule has 1 unspecified atom stereocenters. The predicted molar refractivity (Wildman–Crippen MR) is 149 cm³/mol. The molecule has 11 nitrogen and oxygen atoms in total. The van der Waals surface area contributed by atoms with E-state index in [2.05, 4.69) is 21.3 Å². The molecular formula is C29H44N4O7. The van der Waals surface area contributed by atoms with Gasteiger partial charge in [-0.2, -0.15) is 0 Å². The van der Waals surface area contributed by atoms with Gasteiger partial charge in [0.05, 0.1) is 19.3 Å². The predicted octanol–water partition coefficient (Wildman–Crippen LogP) is 0.631. The molecule has 0 spiro atoms. The van der Waals surface area contributed by atoms with Gasteiger partial charge in [-0.05, 0) is 43.6 Å². The molecule has 0 saturated carbocycles. The van der Waals surface area contributed by atoms with Crippen LogP contribution in [0.25, 0.3) is 0 Å². The maximum absolute atomic E-state index is 13.2. The van der Waals surface area contributed by atoms with Gasteiger partial charge in [0.2, 0.25) is 23.6 Å². The first-order valence-corrected chi connectivity index (χ1v) is 13.8. The Labute approximate surface area is 236 Å². The van der Waals surface area contributed by atoms with Gasteiger partial charge in [0.25, 0.3) is 0 Å². The van der Waals surface area contributed by atoms with E-state index in [9.17, 15) is 29.1 Å². The number of carbonyl (C=O) groups is 5. The maximum Gasteiger partial charge on any atom is 0.245 e. The highest BCUT2D eigenvalue weighted by atomic mass is 16.6. The maximum atomic E-state index is 13.2. The number of epoxide rings is 1. The molecule has 1 aliphatic rings. The van der Waals surface area contributed by atoms with Gasteiger partial charge in [-0.3, -0.25) is 24.0 Å². The number of benzene rings is 1. The normalized spacial score (nSPS) is 19.2. The van der Waals surface area contributed by atoms with Gasteiger partial charge in [-0.25, -0.2) is 0 Å². The van der Waals surface area contributed by atoms with Crippen LogP contribution in [-0.4, -0.2) is 77.5 Å². The number of aryl methyl sites for hydroxylation is 1. The summed E-state index contributed by atoms with van der Waals surface area (Å²) in [7, 11) is 0. The fourth-order valence-corrected chi connectivity index (χ4v) is 4.28. The van der Waals surface area contributed by atoms with Crippen molar-refractivity contribution in [3.63, 3.8) is 0 Å². The Balaban J connectivity index is 2.10. The Morgan fingerprint density at radius 1 is 0.875 bits per heavy atom. The van der Waals surface area contributed by atoms with Crippen LogP contribution < -0.4 is 21.3 Å². The minimum atomic E-state index is -1.34. The second-order valence-electron chi connectivity index (χ2n) is 11.3. The van der Waals surface area contributed by atoms with Gasteiger partial charge in [0, 0.05) is 6.92 Å². The van der Waals surface area contributed by atoms with E-state index >= 15 is 0 Å². The van der Waals surface area contributed by atoms with Crippen LogP contribution in [0.4, 0.5) is 0 Å². The summed E-state index contributed by atoms with van der Waals surface area (Å²) in [5.41, 5.74) is 0.0527. The van der Waals surface area contributed by atoms with Crippen LogP contribution in [0.2, 0.25) is 0 Å². The fourth-order valence-electron chi connectivity index (χ4n) is 4.28. The van der Waals surface area contributed by atoms with Crippen molar-refractivity contribution in [1.82, 2.24) is 21.3 Å². The molecule has 1 aromatic rings. The van der Waals surface area contributed by atoms with Crippen molar-refractivity contribution in [2.75, 3.05) is 13.2 Å². The molecule has 1 heterocycles. The number of hydrogen-bond donors (Lipinski definition) is 5. The van der Waals surface area contributed by atoms with Crippen molar-refractivity contribution in [3.05, 3.63) is 35.9 Å².